The Morgan fingerprint density at radius 2 is 1.47 bits per heavy atom. The summed E-state index contributed by atoms with van der Waals surface area (Å²) in [6.07, 6.45) is 0. The van der Waals surface area contributed by atoms with Gasteiger partial charge in [0.25, 0.3) is 0 Å². The molecule has 3 nitrogen and oxygen atoms in total. The van der Waals surface area contributed by atoms with Crippen molar-refractivity contribution in [2.75, 3.05) is 0 Å². The Kier molecular flexibility index (Phi) is 2.62. The molecule has 0 saturated carbocycles. The summed E-state index contributed by atoms with van der Waals surface area (Å²) in [6.45, 7) is 5.58. The standard InChI is InChI=1S/C10H12N2OS2/c1-6-4-14-8(11-6)10(3,13)9-12-7(2)5-15-9/h4-5,13H,1-3H3. The molecule has 0 spiro atoms. The number of aliphatic hydroxyl groups is 1. The fraction of sp³-hybridized carbons (Fsp3) is 0.400. The summed E-state index contributed by atoms with van der Waals surface area (Å²) < 4.78 is 0. The van der Waals surface area contributed by atoms with Crippen molar-refractivity contribution in [2.24, 2.45) is 0 Å². The molecule has 80 valence electrons. The third-order valence-corrected chi connectivity index (χ3v) is 4.41. The maximum atomic E-state index is 10.4. The number of hydrogen-bond acceptors (Lipinski definition) is 5. The molecule has 0 saturated heterocycles. The first-order valence-electron chi connectivity index (χ1n) is 4.58. The molecule has 0 amide bonds. The number of hydrogen-bond donors (Lipinski definition) is 1. The van der Waals surface area contributed by atoms with Gasteiger partial charge >= 0.3 is 0 Å². The van der Waals surface area contributed by atoms with Gasteiger partial charge in [0.15, 0.2) is 5.60 Å². The van der Waals surface area contributed by atoms with E-state index in [9.17, 15) is 5.11 Å². The highest BCUT2D eigenvalue weighted by Crippen LogP contribution is 2.32. The summed E-state index contributed by atoms with van der Waals surface area (Å²) in [5.41, 5.74) is 0.810. The first-order chi connectivity index (χ1) is 7.00. The summed E-state index contributed by atoms with van der Waals surface area (Å²) in [5.74, 6) is 0. The van der Waals surface area contributed by atoms with Crippen LogP contribution in [0.3, 0.4) is 0 Å². The molecule has 0 radical (unpaired) electrons. The van der Waals surface area contributed by atoms with Gasteiger partial charge in [0.05, 0.1) is 0 Å². The molecular formula is C10H12N2OS2. The van der Waals surface area contributed by atoms with Crippen LogP contribution in [0.5, 0.6) is 0 Å². The SMILES string of the molecule is Cc1csc(C(C)(O)c2nc(C)cs2)n1. The van der Waals surface area contributed by atoms with Gasteiger partial charge in [-0.2, -0.15) is 0 Å². The molecule has 0 unspecified atom stereocenters. The molecule has 5 heteroatoms. The zero-order chi connectivity index (χ0) is 11.1. The minimum Gasteiger partial charge on any atom is -0.376 e. The van der Waals surface area contributed by atoms with Gasteiger partial charge in [0.2, 0.25) is 0 Å². The van der Waals surface area contributed by atoms with Crippen LogP contribution >= 0.6 is 22.7 Å². The van der Waals surface area contributed by atoms with Crippen molar-refractivity contribution in [1.29, 1.82) is 0 Å². The van der Waals surface area contributed by atoms with Gasteiger partial charge in [-0.15, -0.1) is 22.7 Å². The second kappa shape index (κ2) is 3.66. The summed E-state index contributed by atoms with van der Waals surface area (Å²) in [7, 11) is 0. The largest absolute Gasteiger partial charge is 0.376 e. The van der Waals surface area contributed by atoms with E-state index in [0.717, 1.165) is 11.4 Å². The molecule has 0 aliphatic heterocycles. The van der Waals surface area contributed by atoms with E-state index in [0.29, 0.717) is 10.0 Å². The molecule has 1 N–H and O–H groups in total. The van der Waals surface area contributed by atoms with E-state index in [-0.39, 0.29) is 0 Å². The molecule has 0 aromatic carbocycles. The molecule has 0 aliphatic carbocycles. The third kappa shape index (κ3) is 1.95. The van der Waals surface area contributed by atoms with Crippen molar-refractivity contribution in [3.05, 3.63) is 32.2 Å². The molecule has 0 atom stereocenters. The molecule has 0 aliphatic rings. The summed E-state index contributed by atoms with van der Waals surface area (Å²) >= 11 is 2.93. The fourth-order valence-corrected chi connectivity index (χ4v) is 3.03. The monoisotopic (exact) mass is 240 g/mol. The van der Waals surface area contributed by atoms with Gasteiger partial charge in [-0.1, -0.05) is 0 Å². The van der Waals surface area contributed by atoms with Crippen molar-refractivity contribution in [3.63, 3.8) is 0 Å². The Morgan fingerprint density at radius 3 is 1.73 bits per heavy atom. The maximum Gasteiger partial charge on any atom is 0.164 e. The zero-order valence-corrected chi connectivity index (χ0v) is 10.4. The second-order valence-electron chi connectivity index (χ2n) is 3.66. The van der Waals surface area contributed by atoms with E-state index in [4.69, 9.17) is 0 Å². The van der Waals surface area contributed by atoms with E-state index in [1.807, 2.05) is 24.6 Å². The number of aryl methyl sites for hydroxylation is 2. The number of rotatable bonds is 2. The van der Waals surface area contributed by atoms with Gasteiger partial charge in [0.1, 0.15) is 10.0 Å². The van der Waals surface area contributed by atoms with Gasteiger partial charge < -0.3 is 5.11 Å². The zero-order valence-electron chi connectivity index (χ0n) is 8.81. The number of aromatic nitrogens is 2. The summed E-state index contributed by atoms with van der Waals surface area (Å²) in [4.78, 5) is 8.61. The first-order valence-corrected chi connectivity index (χ1v) is 6.33. The quantitative estimate of drug-likeness (QED) is 0.877. The van der Waals surface area contributed by atoms with Crippen molar-refractivity contribution in [3.8, 4) is 0 Å². The van der Waals surface area contributed by atoms with Crippen LogP contribution in [-0.4, -0.2) is 15.1 Å². The lowest BCUT2D eigenvalue weighted by Crippen LogP contribution is -2.22. The van der Waals surface area contributed by atoms with Crippen molar-refractivity contribution in [2.45, 2.75) is 26.4 Å². The maximum absolute atomic E-state index is 10.4. The van der Waals surface area contributed by atoms with Crippen LogP contribution in [0.2, 0.25) is 0 Å². The van der Waals surface area contributed by atoms with Crippen LogP contribution in [0, 0.1) is 13.8 Å². The highest BCUT2D eigenvalue weighted by atomic mass is 32.1. The van der Waals surface area contributed by atoms with Crippen molar-refractivity contribution < 1.29 is 5.11 Å². The van der Waals surface area contributed by atoms with Crippen LogP contribution in [0.4, 0.5) is 0 Å². The smallest absolute Gasteiger partial charge is 0.164 e. The Morgan fingerprint density at radius 1 is 1.07 bits per heavy atom. The lowest BCUT2D eigenvalue weighted by Gasteiger charge is -2.17. The molecule has 2 rings (SSSR count). The molecule has 0 bridgehead atoms. The second-order valence-corrected chi connectivity index (χ2v) is 5.38. The van der Waals surface area contributed by atoms with Crippen LogP contribution in [-0.2, 0) is 5.60 Å². The molecular weight excluding hydrogens is 228 g/mol. The summed E-state index contributed by atoms with van der Waals surface area (Å²) in [5, 5.41) is 15.7. The Balaban J connectivity index is 2.42. The van der Waals surface area contributed by atoms with Crippen LogP contribution in [0.15, 0.2) is 10.8 Å². The van der Waals surface area contributed by atoms with E-state index in [1.165, 1.54) is 22.7 Å². The molecule has 2 aromatic heterocycles. The predicted molar refractivity (Wildman–Crippen MR) is 62.4 cm³/mol. The Hall–Kier alpha value is -0.780. The van der Waals surface area contributed by atoms with Crippen LogP contribution in [0.25, 0.3) is 0 Å². The molecule has 2 aromatic rings. The van der Waals surface area contributed by atoms with Crippen molar-refractivity contribution >= 4 is 22.7 Å². The van der Waals surface area contributed by atoms with Gasteiger partial charge in [-0.3, -0.25) is 0 Å². The Labute approximate surface area is 96.5 Å². The minimum atomic E-state index is -1.06. The normalized spacial score (nSPS) is 12.0. The van der Waals surface area contributed by atoms with Gasteiger partial charge in [-0.05, 0) is 20.8 Å². The lowest BCUT2D eigenvalue weighted by molar-refractivity contribution is 0.101. The van der Waals surface area contributed by atoms with E-state index >= 15 is 0 Å². The van der Waals surface area contributed by atoms with E-state index in [2.05, 4.69) is 9.97 Å². The Bertz CT molecular complexity index is 431. The minimum absolute atomic E-state index is 0.703. The highest BCUT2D eigenvalue weighted by molar-refractivity contribution is 7.11. The first kappa shape index (κ1) is 10.7. The van der Waals surface area contributed by atoms with Crippen LogP contribution in [0.1, 0.15) is 28.3 Å². The third-order valence-electron chi connectivity index (χ3n) is 2.07. The van der Waals surface area contributed by atoms with Crippen LogP contribution < -0.4 is 0 Å². The molecule has 15 heavy (non-hydrogen) atoms. The van der Waals surface area contributed by atoms with E-state index < -0.39 is 5.60 Å². The van der Waals surface area contributed by atoms with Crippen molar-refractivity contribution in [1.82, 2.24) is 9.97 Å². The highest BCUT2D eigenvalue weighted by Gasteiger charge is 2.31. The van der Waals surface area contributed by atoms with Gasteiger partial charge in [-0.25, -0.2) is 9.97 Å². The van der Waals surface area contributed by atoms with Gasteiger partial charge in [0, 0.05) is 22.1 Å². The number of thiazole rings is 2. The molecule has 0 fully saturated rings. The molecule has 2 heterocycles. The average Bonchev–Trinajstić information content (AvgIpc) is 2.74. The lowest BCUT2D eigenvalue weighted by atomic mass is 10.1. The fourth-order valence-electron chi connectivity index (χ4n) is 1.25. The predicted octanol–water partition coefficient (Wildman–Crippen LogP) is 2.47. The van der Waals surface area contributed by atoms with E-state index in [1.54, 1.807) is 6.92 Å². The topological polar surface area (TPSA) is 46.0 Å². The average molecular weight is 240 g/mol. The summed E-state index contributed by atoms with van der Waals surface area (Å²) in [6, 6.07) is 0. The number of nitrogens with zero attached hydrogens (tertiary/aromatic N) is 2.